The first kappa shape index (κ1) is 18.2. The van der Waals surface area contributed by atoms with Gasteiger partial charge < -0.3 is 5.73 Å². The molecule has 0 aliphatic rings. The zero-order valence-corrected chi connectivity index (χ0v) is 15.0. The van der Waals surface area contributed by atoms with Crippen molar-refractivity contribution in [2.45, 2.75) is 4.90 Å². The Morgan fingerprint density at radius 3 is 2.11 bits per heavy atom. The summed E-state index contributed by atoms with van der Waals surface area (Å²) in [6.07, 6.45) is 0. The highest BCUT2D eigenvalue weighted by atomic mass is 32.2. The number of nitrogens with two attached hydrogens (primary N) is 1. The summed E-state index contributed by atoms with van der Waals surface area (Å²) in [4.78, 5) is 11.1. The van der Waals surface area contributed by atoms with E-state index in [0.29, 0.717) is 11.3 Å². The Morgan fingerprint density at radius 2 is 1.44 bits per heavy atom. The summed E-state index contributed by atoms with van der Waals surface area (Å²) in [5, 5.41) is 0. The van der Waals surface area contributed by atoms with Crippen LogP contribution in [0.4, 0.5) is 5.69 Å². The lowest BCUT2D eigenvalue weighted by Gasteiger charge is -2.08. The summed E-state index contributed by atoms with van der Waals surface area (Å²) in [7, 11) is -3.79. The second kappa shape index (κ2) is 7.77. The van der Waals surface area contributed by atoms with Crippen LogP contribution in [0.5, 0.6) is 0 Å². The van der Waals surface area contributed by atoms with Gasteiger partial charge in [0.2, 0.25) is 5.91 Å². The quantitative estimate of drug-likeness (QED) is 0.686. The van der Waals surface area contributed by atoms with Gasteiger partial charge in [0.25, 0.3) is 10.0 Å². The Kier molecular flexibility index (Phi) is 5.25. The molecule has 0 heterocycles. The van der Waals surface area contributed by atoms with Crippen molar-refractivity contribution in [3.8, 4) is 11.8 Å². The summed E-state index contributed by atoms with van der Waals surface area (Å²) in [6.45, 7) is 0. The number of primary amides is 1. The molecule has 0 bridgehead atoms. The van der Waals surface area contributed by atoms with Gasteiger partial charge in [0.05, 0.1) is 10.6 Å². The summed E-state index contributed by atoms with van der Waals surface area (Å²) in [5.74, 6) is 5.42. The molecule has 0 saturated heterocycles. The second-order valence-electron chi connectivity index (χ2n) is 5.69. The van der Waals surface area contributed by atoms with Crippen molar-refractivity contribution in [1.29, 1.82) is 0 Å². The van der Waals surface area contributed by atoms with Gasteiger partial charge in [-0.15, -0.1) is 0 Å². The van der Waals surface area contributed by atoms with Crippen LogP contribution in [0.25, 0.3) is 0 Å². The molecule has 0 spiro atoms. The number of nitrogens with one attached hydrogen (secondary N) is 1. The van der Waals surface area contributed by atoms with Crippen LogP contribution in [0.1, 0.15) is 21.5 Å². The Hall–Kier alpha value is -3.56. The van der Waals surface area contributed by atoms with E-state index in [2.05, 4.69) is 16.6 Å². The first-order valence-electron chi connectivity index (χ1n) is 8.04. The number of amides is 1. The lowest BCUT2D eigenvalue weighted by molar-refractivity contribution is 0.1000. The van der Waals surface area contributed by atoms with Gasteiger partial charge in [-0.05, 0) is 54.6 Å². The molecular formula is C21H16N2O3S. The molecule has 3 rings (SSSR count). The van der Waals surface area contributed by atoms with Crippen LogP contribution in [0, 0.1) is 11.8 Å². The molecule has 27 heavy (non-hydrogen) atoms. The molecule has 0 atom stereocenters. The van der Waals surface area contributed by atoms with Gasteiger partial charge in [-0.1, -0.05) is 36.1 Å². The molecular weight excluding hydrogens is 360 g/mol. The standard InChI is InChI=1S/C21H16N2O3S/c22-21(24)18-11-13-20(14-12-18)27(25,26)23-19-8-4-7-17(15-19)10-9-16-5-2-1-3-6-16/h1-8,11-15,23H,(H2,22,24). The fourth-order valence-electron chi connectivity index (χ4n) is 2.34. The van der Waals surface area contributed by atoms with Crippen molar-refractivity contribution in [2.75, 3.05) is 4.72 Å². The second-order valence-corrected chi connectivity index (χ2v) is 7.37. The van der Waals surface area contributed by atoms with Gasteiger partial charge in [-0.2, -0.15) is 0 Å². The minimum absolute atomic E-state index is 0.0354. The van der Waals surface area contributed by atoms with E-state index >= 15 is 0 Å². The number of sulfonamides is 1. The fourth-order valence-corrected chi connectivity index (χ4v) is 3.39. The highest BCUT2D eigenvalue weighted by molar-refractivity contribution is 7.92. The summed E-state index contributed by atoms with van der Waals surface area (Å²) in [5.41, 5.74) is 7.36. The zero-order chi connectivity index (χ0) is 19.3. The Labute approximate surface area is 157 Å². The zero-order valence-electron chi connectivity index (χ0n) is 14.2. The van der Waals surface area contributed by atoms with Gasteiger partial charge in [0.15, 0.2) is 0 Å². The number of carbonyl (C=O) groups excluding carboxylic acids is 1. The highest BCUT2D eigenvalue weighted by Gasteiger charge is 2.14. The maximum absolute atomic E-state index is 12.5. The average Bonchev–Trinajstić information content (AvgIpc) is 2.67. The number of hydrogen-bond acceptors (Lipinski definition) is 3. The number of rotatable bonds is 4. The molecule has 0 radical (unpaired) electrons. The van der Waals surface area contributed by atoms with Crippen molar-refractivity contribution in [1.82, 2.24) is 0 Å². The van der Waals surface area contributed by atoms with Gasteiger partial charge in [0.1, 0.15) is 0 Å². The maximum Gasteiger partial charge on any atom is 0.261 e. The van der Waals surface area contributed by atoms with E-state index in [0.717, 1.165) is 5.56 Å². The normalized spacial score (nSPS) is 10.5. The monoisotopic (exact) mass is 376 g/mol. The third-order valence-electron chi connectivity index (χ3n) is 3.69. The molecule has 0 aromatic heterocycles. The Morgan fingerprint density at radius 1 is 0.815 bits per heavy atom. The summed E-state index contributed by atoms with van der Waals surface area (Å²) >= 11 is 0. The van der Waals surface area contributed by atoms with Crippen molar-refractivity contribution >= 4 is 21.6 Å². The number of hydrogen-bond donors (Lipinski definition) is 2. The van der Waals surface area contributed by atoms with E-state index in [4.69, 9.17) is 5.73 Å². The Balaban J connectivity index is 1.81. The lowest BCUT2D eigenvalue weighted by Crippen LogP contribution is -2.14. The third kappa shape index (κ3) is 4.75. The third-order valence-corrected chi connectivity index (χ3v) is 5.09. The molecule has 0 aliphatic carbocycles. The first-order chi connectivity index (χ1) is 12.9. The predicted molar refractivity (Wildman–Crippen MR) is 105 cm³/mol. The number of benzene rings is 3. The van der Waals surface area contributed by atoms with Crippen LogP contribution in [0.2, 0.25) is 0 Å². The lowest BCUT2D eigenvalue weighted by atomic mass is 10.2. The van der Waals surface area contributed by atoms with Crippen LogP contribution in [0.15, 0.2) is 83.8 Å². The molecule has 3 N–H and O–H groups in total. The van der Waals surface area contributed by atoms with E-state index < -0.39 is 15.9 Å². The van der Waals surface area contributed by atoms with Crippen molar-refractivity contribution in [3.05, 3.63) is 95.6 Å². The Bertz CT molecular complexity index is 1130. The van der Waals surface area contributed by atoms with E-state index in [-0.39, 0.29) is 10.5 Å². The largest absolute Gasteiger partial charge is 0.366 e. The van der Waals surface area contributed by atoms with Crippen LogP contribution in [-0.2, 0) is 10.0 Å². The molecule has 3 aromatic carbocycles. The maximum atomic E-state index is 12.5. The SMILES string of the molecule is NC(=O)c1ccc(S(=O)(=O)Nc2cccc(C#Cc3ccccc3)c2)cc1. The number of carbonyl (C=O) groups is 1. The topological polar surface area (TPSA) is 89.3 Å². The van der Waals surface area contributed by atoms with E-state index in [1.54, 1.807) is 24.3 Å². The van der Waals surface area contributed by atoms with E-state index in [1.807, 2.05) is 30.3 Å². The van der Waals surface area contributed by atoms with Crippen LogP contribution >= 0.6 is 0 Å². The fraction of sp³-hybridized carbons (Fsp3) is 0. The highest BCUT2D eigenvalue weighted by Crippen LogP contribution is 2.17. The summed E-state index contributed by atoms with van der Waals surface area (Å²) < 4.78 is 27.5. The van der Waals surface area contributed by atoms with E-state index in [1.165, 1.54) is 24.3 Å². The molecule has 5 nitrogen and oxygen atoms in total. The van der Waals surface area contributed by atoms with E-state index in [9.17, 15) is 13.2 Å². The molecule has 0 unspecified atom stereocenters. The average molecular weight is 376 g/mol. The van der Waals surface area contributed by atoms with Crippen LogP contribution < -0.4 is 10.5 Å². The minimum atomic E-state index is -3.79. The van der Waals surface area contributed by atoms with Crippen LogP contribution in [0.3, 0.4) is 0 Å². The molecule has 134 valence electrons. The molecule has 3 aromatic rings. The van der Waals surface area contributed by atoms with Gasteiger partial charge >= 0.3 is 0 Å². The minimum Gasteiger partial charge on any atom is -0.366 e. The molecule has 6 heteroatoms. The van der Waals surface area contributed by atoms with Gasteiger partial charge in [-0.25, -0.2) is 8.42 Å². The molecule has 0 aliphatic heterocycles. The first-order valence-corrected chi connectivity index (χ1v) is 9.52. The molecule has 1 amide bonds. The summed E-state index contributed by atoms with van der Waals surface area (Å²) in [6, 6.07) is 21.8. The predicted octanol–water partition coefficient (Wildman–Crippen LogP) is 2.99. The van der Waals surface area contributed by atoms with Gasteiger partial charge in [-0.3, -0.25) is 9.52 Å². The van der Waals surface area contributed by atoms with Gasteiger partial charge in [0, 0.05) is 16.7 Å². The van der Waals surface area contributed by atoms with Crippen molar-refractivity contribution in [2.24, 2.45) is 5.73 Å². The van der Waals surface area contributed by atoms with Crippen LogP contribution in [-0.4, -0.2) is 14.3 Å². The number of anilines is 1. The molecule has 0 fully saturated rings. The smallest absolute Gasteiger partial charge is 0.261 e. The van der Waals surface area contributed by atoms with Crippen molar-refractivity contribution in [3.63, 3.8) is 0 Å². The van der Waals surface area contributed by atoms with Crippen molar-refractivity contribution < 1.29 is 13.2 Å². The molecule has 0 saturated carbocycles.